The Balaban J connectivity index is 1.42. The molecule has 0 bridgehead atoms. The van der Waals surface area contributed by atoms with Gasteiger partial charge in [0.25, 0.3) is 0 Å². The average molecular weight is 462 g/mol. The van der Waals surface area contributed by atoms with E-state index in [2.05, 4.69) is 9.88 Å². The first-order valence-corrected chi connectivity index (χ1v) is 11.4. The molecule has 34 heavy (non-hydrogen) atoms. The van der Waals surface area contributed by atoms with E-state index in [0.717, 1.165) is 16.7 Å². The van der Waals surface area contributed by atoms with Crippen LogP contribution in [0, 0.1) is 0 Å². The van der Waals surface area contributed by atoms with E-state index in [1.165, 1.54) is 0 Å². The number of methoxy groups -OCH3 is 2. The number of rotatable bonds is 9. The molecule has 7 heteroatoms. The summed E-state index contributed by atoms with van der Waals surface area (Å²) >= 11 is 0. The van der Waals surface area contributed by atoms with Gasteiger partial charge in [-0.05, 0) is 34.9 Å². The fraction of sp³-hybridized carbons (Fsp3) is 0.333. The number of carbonyl (C=O) groups is 1. The zero-order valence-corrected chi connectivity index (χ0v) is 19.7. The van der Waals surface area contributed by atoms with Crippen LogP contribution in [0.4, 0.5) is 0 Å². The SMILES string of the molecule is COc1cc(CN2CC(=O)N(Cc3cccnc3)CC(OC)C2)ccc1OCc1ccccc1. The molecule has 1 saturated heterocycles. The second kappa shape index (κ2) is 11.6. The van der Waals surface area contributed by atoms with Crippen LogP contribution in [-0.2, 0) is 29.2 Å². The summed E-state index contributed by atoms with van der Waals surface area (Å²) in [6.07, 6.45) is 3.46. The Bertz CT molecular complexity index is 1060. The van der Waals surface area contributed by atoms with Crippen LogP contribution < -0.4 is 9.47 Å². The Morgan fingerprint density at radius 3 is 2.47 bits per heavy atom. The van der Waals surface area contributed by atoms with Gasteiger partial charge in [0.2, 0.25) is 5.91 Å². The topological polar surface area (TPSA) is 64.1 Å². The molecule has 1 fully saturated rings. The second-order valence-electron chi connectivity index (χ2n) is 8.42. The summed E-state index contributed by atoms with van der Waals surface area (Å²) in [5.41, 5.74) is 3.15. The molecule has 2 aromatic carbocycles. The van der Waals surface area contributed by atoms with Gasteiger partial charge < -0.3 is 19.1 Å². The summed E-state index contributed by atoms with van der Waals surface area (Å²) in [5, 5.41) is 0. The number of hydrogen-bond donors (Lipinski definition) is 0. The number of benzene rings is 2. The van der Waals surface area contributed by atoms with Crippen molar-refractivity contribution < 1.29 is 19.0 Å². The summed E-state index contributed by atoms with van der Waals surface area (Å²) in [7, 11) is 3.34. The summed E-state index contributed by atoms with van der Waals surface area (Å²) in [6, 6.07) is 19.8. The van der Waals surface area contributed by atoms with E-state index in [0.29, 0.717) is 50.8 Å². The summed E-state index contributed by atoms with van der Waals surface area (Å²) in [6.45, 7) is 3.16. The van der Waals surface area contributed by atoms with Crippen molar-refractivity contribution in [3.8, 4) is 11.5 Å². The Morgan fingerprint density at radius 2 is 1.74 bits per heavy atom. The van der Waals surface area contributed by atoms with Crippen molar-refractivity contribution in [2.75, 3.05) is 33.9 Å². The zero-order chi connectivity index (χ0) is 23.8. The van der Waals surface area contributed by atoms with Crippen LogP contribution in [0.2, 0.25) is 0 Å². The highest BCUT2D eigenvalue weighted by molar-refractivity contribution is 5.78. The van der Waals surface area contributed by atoms with Gasteiger partial charge in [-0.25, -0.2) is 0 Å². The van der Waals surface area contributed by atoms with E-state index < -0.39 is 0 Å². The molecule has 1 aliphatic rings. The van der Waals surface area contributed by atoms with Crippen LogP contribution in [-0.4, -0.2) is 60.6 Å². The summed E-state index contributed by atoms with van der Waals surface area (Å²) in [5.74, 6) is 1.45. The van der Waals surface area contributed by atoms with Crippen molar-refractivity contribution in [1.82, 2.24) is 14.8 Å². The van der Waals surface area contributed by atoms with E-state index in [1.54, 1.807) is 26.6 Å². The Kier molecular flexibility index (Phi) is 8.12. The minimum atomic E-state index is -0.0708. The van der Waals surface area contributed by atoms with Gasteiger partial charge in [-0.1, -0.05) is 42.5 Å². The molecule has 178 valence electrons. The first-order chi connectivity index (χ1) is 16.6. The van der Waals surface area contributed by atoms with Crippen LogP contribution in [0.25, 0.3) is 0 Å². The van der Waals surface area contributed by atoms with Gasteiger partial charge in [0.15, 0.2) is 11.5 Å². The number of amides is 1. The molecule has 1 aliphatic heterocycles. The van der Waals surface area contributed by atoms with Crippen LogP contribution in [0.5, 0.6) is 11.5 Å². The van der Waals surface area contributed by atoms with Gasteiger partial charge in [0, 0.05) is 45.7 Å². The highest BCUT2D eigenvalue weighted by Crippen LogP contribution is 2.29. The molecule has 7 nitrogen and oxygen atoms in total. The van der Waals surface area contributed by atoms with Crippen molar-refractivity contribution in [1.29, 1.82) is 0 Å². The van der Waals surface area contributed by atoms with Crippen LogP contribution in [0.15, 0.2) is 73.1 Å². The molecule has 1 amide bonds. The van der Waals surface area contributed by atoms with E-state index in [-0.39, 0.29) is 12.0 Å². The zero-order valence-electron chi connectivity index (χ0n) is 19.7. The lowest BCUT2D eigenvalue weighted by Crippen LogP contribution is -2.37. The molecule has 0 radical (unpaired) electrons. The number of hydrogen-bond acceptors (Lipinski definition) is 6. The highest BCUT2D eigenvalue weighted by Gasteiger charge is 2.28. The summed E-state index contributed by atoms with van der Waals surface area (Å²) in [4.78, 5) is 21.2. The van der Waals surface area contributed by atoms with Gasteiger partial charge in [-0.15, -0.1) is 0 Å². The maximum atomic E-state index is 13.0. The molecule has 2 heterocycles. The highest BCUT2D eigenvalue weighted by atomic mass is 16.5. The molecule has 1 unspecified atom stereocenters. The molecule has 1 atom stereocenters. The van der Waals surface area contributed by atoms with Crippen LogP contribution in [0.1, 0.15) is 16.7 Å². The maximum absolute atomic E-state index is 13.0. The summed E-state index contributed by atoms with van der Waals surface area (Å²) < 4.78 is 17.3. The van der Waals surface area contributed by atoms with Crippen molar-refractivity contribution in [2.45, 2.75) is 25.8 Å². The monoisotopic (exact) mass is 461 g/mol. The minimum absolute atomic E-state index is 0.0708. The number of nitrogens with zero attached hydrogens (tertiary/aromatic N) is 3. The van der Waals surface area contributed by atoms with Crippen molar-refractivity contribution in [3.05, 3.63) is 89.7 Å². The third-order valence-electron chi connectivity index (χ3n) is 5.90. The van der Waals surface area contributed by atoms with Crippen molar-refractivity contribution in [3.63, 3.8) is 0 Å². The van der Waals surface area contributed by atoms with Gasteiger partial charge in [0.05, 0.1) is 19.8 Å². The molecule has 0 saturated carbocycles. The molecule has 0 N–H and O–H groups in total. The van der Waals surface area contributed by atoms with Gasteiger partial charge in [0.1, 0.15) is 6.61 Å². The number of carbonyl (C=O) groups excluding carboxylic acids is 1. The minimum Gasteiger partial charge on any atom is -0.493 e. The van der Waals surface area contributed by atoms with E-state index >= 15 is 0 Å². The lowest BCUT2D eigenvalue weighted by molar-refractivity contribution is -0.132. The second-order valence-corrected chi connectivity index (χ2v) is 8.42. The Morgan fingerprint density at radius 1 is 0.912 bits per heavy atom. The fourth-order valence-electron chi connectivity index (χ4n) is 4.11. The van der Waals surface area contributed by atoms with Gasteiger partial charge >= 0.3 is 0 Å². The third kappa shape index (κ3) is 6.34. The molecular formula is C27H31N3O4. The normalized spacial score (nSPS) is 16.8. The molecule has 4 rings (SSSR count). The van der Waals surface area contributed by atoms with E-state index in [4.69, 9.17) is 14.2 Å². The van der Waals surface area contributed by atoms with E-state index in [9.17, 15) is 4.79 Å². The standard InChI is InChI=1S/C27H31N3O4/c1-32-24-17-29(19-27(31)30(18-24)16-23-9-6-12-28-14-23)15-22-10-11-25(26(13-22)33-2)34-20-21-7-4-3-5-8-21/h3-14,24H,15-20H2,1-2H3. The number of ether oxygens (including phenoxy) is 3. The predicted octanol–water partition coefficient (Wildman–Crippen LogP) is 3.53. The van der Waals surface area contributed by atoms with E-state index in [1.807, 2.05) is 65.6 Å². The molecule has 0 spiro atoms. The van der Waals surface area contributed by atoms with Crippen molar-refractivity contribution >= 4 is 5.91 Å². The van der Waals surface area contributed by atoms with Crippen LogP contribution >= 0.6 is 0 Å². The lowest BCUT2D eigenvalue weighted by Gasteiger charge is -2.23. The maximum Gasteiger partial charge on any atom is 0.237 e. The number of pyridine rings is 1. The Labute approximate surface area is 200 Å². The quantitative estimate of drug-likeness (QED) is 0.486. The lowest BCUT2D eigenvalue weighted by atomic mass is 10.1. The van der Waals surface area contributed by atoms with Crippen LogP contribution in [0.3, 0.4) is 0 Å². The fourth-order valence-corrected chi connectivity index (χ4v) is 4.11. The van der Waals surface area contributed by atoms with Gasteiger partial charge in [-0.3, -0.25) is 14.7 Å². The van der Waals surface area contributed by atoms with Gasteiger partial charge in [-0.2, -0.15) is 0 Å². The number of aromatic nitrogens is 1. The first-order valence-electron chi connectivity index (χ1n) is 11.4. The van der Waals surface area contributed by atoms with Crippen molar-refractivity contribution in [2.24, 2.45) is 0 Å². The molecular weight excluding hydrogens is 430 g/mol. The molecule has 1 aromatic heterocycles. The first kappa shape index (κ1) is 23.7. The molecule has 3 aromatic rings. The molecule has 0 aliphatic carbocycles. The Hall–Kier alpha value is -3.42. The third-order valence-corrected chi connectivity index (χ3v) is 5.90. The largest absolute Gasteiger partial charge is 0.493 e. The predicted molar refractivity (Wildman–Crippen MR) is 129 cm³/mol. The smallest absolute Gasteiger partial charge is 0.237 e. The average Bonchev–Trinajstić information content (AvgIpc) is 3.02.